The van der Waals surface area contributed by atoms with Gasteiger partial charge in [0.2, 0.25) is 0 Å². The number of nitro benzene ring substituents is 1. The van der Waals surface area contributed by atoms with Crippen molar-refractivity contribution in [3.63, 3.8) is 0 Å². The number of furan rings is 1. The Balaban J connectivity index is 1.72. The maximum Gasteiger partial charge on any atom is 0.272 e. The number of carbonyl (C=O) groups is 1. The van der Waals surface area contributed by atoms with Gasteiger partial charge in [-0.3, -0.25) is 14.9 Å². The number of non-ortho nitro benzene ring substituents is 1. The maximum atomic E-state index is 14.0. The molecule has 8 nitrogen and oxygen atoms in total. The Morgan fingerprint density at radius 3 is 2.49 bits per heavy atom. The first-order chi connectivity index (χ1) is 16.8. The lowest BCUT2D eigenvalue weighted by Crippen LogP contribution is -2.37. The Labute approximate surface area is 202 Å². The molecule has 0 fully saturated rings. The van der Waals surface area contributed by atoms with Crippen LogP contribution in [0.1, 0.15) is 40.1 Å². The zero-order chi connectivity index (χ0) is 24.7. The number of carbonyl (C=O) groups excluding carboxylic acids is 1. The highest BCUT2D eigenvalue weighted by molar-refractivity contribution is 7.93. The van der Waals surface area contributed by atoms with Crippen molar-refractivity contribution >= 4 is 38.3 Å². The number of benzene rings is 3. The third-order valence-corrected chi connectivity index (χ3v) is 8.13. The first-order valence-corrected chi connectivity index (χ1v) is 12.7. The van der Waals surface area contributed by atoms with Gasteiger partial charge in [0.1, 0.15) is 11.3 Å². The molecule has 1 aliphatic rings. The fourth-order valence-electron chi connectivity index (χ4n) is 4.52. The molecule has 0 bridgehead atoms. The number of hydrogen-bond acceptors (Lipinski definition) is 6. The largest absolute Gasteiger partial charge is 0.461 e. The number of nitro groups is 1. The molecular weight excluding hydrogens is 468 g/mol. The summed E-state index contributed by atoms with van der Waals surface area (Å²) in [5.41, 5.74) is 1.91. The Bertz CT molecular complexity index is 1570. The van der Waals surface area contributed by atoms with Crippen LogP contribution < -0.4 is 4.31 Å². The summed E-state index contributed by atoms with van der Waals surface area (Å²) >= 11 is 0. The molecule has 1 aliphatic carbocycles. The van der Waals surface area contributed by atoms with Crippen molar-refractivity contribution in [1.82, 2.24) is 0 Å². The predicted octanol–water partition coefficient (Wildman–Crippen LogP) is 5.56. The van der Waals surface area contributed by atoms with Crippen molar-refractivity contribution in [3.05, 3.63) is 99.3 Å². The van der Waals surface area contributed by atoms with Crippen molar-refractivity contribution in [2.75, 3.05) is 4.31 Å². The number of hydrogen-bond donors (Lipinski definition) is 0. The van der Waals surface area contributed by atoms with Gasteiger partial charge in [-0.15, -0.1) is 0 Å². The molecule has 9 heteroatoms. The fourth-order valence-corrected chi connectivity index (χ4v) is 6.17. The van der Waals surface area contributed by atoms with Gasteiger partial charge in [0, 0.05) is 35.1 Å². The van der Waals surface area contributed by atoms with E-state index in [1.165, 1.54) is 37.3 Å². The topological polar surface area (TPSA) is 111 Å². The molecule has 0 aliphatic heterocycles. The fraction of sp³-hybridized carbons (Fsp3) is 0.192. The Morgan fingerprint density at radius 1 is 1.00 bits per heavy atom. The number of sulfonamides is 1. The van der Waals surface area contributed by atoms with Gasteiger partial charge in [-0.1, -0.05) is 24.3 Å². The summed E-state index contributed by atoms with van der Waals surface area (Å²) in [5.74, 6) is 0.134. The van der Waals surface area contributed by atoms with Gasteiger partial charge in [0.05, 0.1) is 15.5 Å². The zero-order valence-electron chi connectivity index (χ0n) is 18.9. The van der Waals surface area contributed by atoms with Crippen LogP contribution >= 0.6 is 0 Å². The highest BCUT2D eigenvalue weighted by Crippen LogP contribution is 2.36. The normalized spacial score (nSPS) is 13.4. The highest BCUT2D eigenvalue weighted by Gasteiger charge is 2.34. The van der Waals surface area contributed by atoms with Crippen LogP contribution in [0.2, 0.25) is 0 Å². The van der Waals surface area contributed by atoms with Crippen LogP contribution in [0.15, 0.2) is 76.0 Å². The molecule has 0 N–H and O–H groups in total. The van der Waals surface area contributed by atoms with Gasteiger partial charge in [0.25, 0.3) is 21.6 Å². The van der Waals surface area contributed by atoms with E-state index in [0.29, 0.717) is 11.1 Å². The number of fused-ring (bicyclic) bond motifs is 3. The van der Waals surface area contributed by atoms with Gasteiger partial charge in [-0.25, -0.2) is 8.42 Å². The molecule has 1 aromatic heterocycles. The predicted molar refractivity (Wildman–Crippen MR) is 131 cm³/mol. The van der Waals surface area contributed by atoms with Crippen molar-refractivity contribution in [1.29, 1.82) is 0 Å². The summed E-state index contributed by atoms with van der Waals surface area (Å²) < 4.78 is 34.6. The van der Waals surface area contributed by atoms with Crippen LogP contribution in [-0.2, 0) is 22.9 Å². The van der Waals surface area contributed by atoms with Gasteiger partial charge in [-0.05, 0) is 62.1 Å². The van der Waals surface area contributed by atoms with E-state index >= 15 is 0 Å². The van der Waals surface area contributed by atoms with E-state index in [4.69, 9.17) is 4.42 Å². The molecule has 0 radical (unpaired) electrons. The van der Waals surface area contributed by atoms with Gasteiger partial charge in [0.15, 0.2) is 0 Å². The molecule has 0 saturated heterocycles. The zero-order valence-corrected chi connectivity index (χ0v) is 19.7. The smallest absolute Gasteiger partial charge is 0.272 e. The van der Waals surface area contributed by atoms with Gasteiger partial charge in [-0.2, -0.15) is 4.31 Å². The third-order valence-electron chi connectivity index (χ3n) is 6.28. The van der Waals surface area contributed by atoms with Crippen LogP contribution in [0.4, 0.5) is 11.4 Å². The second-order valence-electron chi connectivity index (χ2n) is 8.54. The lowest BCUT2D eigenvalue weighted by Gasteiger charge is -2.24. The molecule has 1 amide bonds. The third kappa shape index (κ3) is 3.97. The Kier molecular flexibility index (Phi) is 5.64. The maximum absolute atomic E-state index is 14.0. The monoisotopic (exact) mass is 490 g/mol. The summed E-state index contributed by atoms with van der Waals surface area (Å²) in [6, 6.07) is 16.5. The number of amides is 1. The summed E-state index contributed by atoms with van der Waals surface area (Å²) in [6.45, 7) is 1.54. The van der Waals surface area contributed by atoms with Crippen LogP contribution in [0.3, 0.4) is 0 Å². The van der Waals surface area contributed by atoms with E-state index in [1.807, 2.05) is 0 Å². The molecule has 3 aromatic carbocycles. The molecule has 0 saturated carbocycles. The van der Waals surface area contributed by atoms with Crippen molar-refractivity contribution in [2.45, 2.75) is 37.5 Å². The summed E-state index contributed by atoms with van der Waals surface area (Å²) in [5, 5.41) is 12.1. The SMILES string of the molecule is Cc1ccc([N+](=O)[O-])cc1S(=O)(=O)N(C(=O)c1ccccc1)c1ccc2oc3c(c2c1)CCCC3. The number of aryl methyl sites for hydroxylation is 3. The van der Waals surface area contributed by atoms with Crippen LogP contribution in [-0.4, -0.2) is 19.2 Å². The second kappa shape index (κ2) is 8.66. The first kappa shape index (κ1) is 22.8. The summed E-state index contributed by atoms with van der Waals surface area (Å²) in [4.78, 5) is 24.0. The molecule has 35 heavy (non-hydrogen) atoms. The number of rotatable bonds is 5. The van der Waals surface area contributed by atoms with E-state index in [0.717, 1.165) is 52.8 Å². The molecule has 178 valence electrons. The molecule has 5 rings (SSSR count). The van der Waals surface area contributed by atoms with Crippen LogP contribution in [0, 0.1) is 17.0 Å². The first-order valence-electron chi connectivity index (χ1n) is 11.2. The van der Waals surface area contributed by atoms with E-state index in [1.54, 1.807) is 30.3 Å². The quantitative estimate of drug-likeness (QED) is 0.267. The number of nitrogens with zero attached hydrogens (tertiary/aromatic N) is 2. The molecule has 1 heterocycles. The van der Waals surface area contributed by atoms with E-state index < -0.39 is 20.9 Å². The Morgan fingerprint density at radius 2 is 1.74 bits per heavy atom. The van der Waals surface area contributed by atoms with Crippen molar-refractivity contribution in [3.8, 4) is 0 Å². The van der Waals surface area contributed by atoms with E-state index in [9.17, 15) is 23.3 Å². The van der Waals surface area contributed by atoms with Gasteiger partial charge >= 0.3 is 0 Å². The highest BCUT2D eigenvalue weighted by atomic mass is 32.2. The molecule has 0 spiro atoms. The Hall–Kier alpha value is -3.98. The van der Waals surface area contributed by atoms with Crippen molar-refractivity contribution < 1.29 is 22.6 Å². The lowest BCUT2D eigenvalue weighted by atomic mass is 9.96. The minimum Gasteiger partial charge on any atom is -0.461 e. The minimum absolute atomic E-state index is 0.145. The molecular formula is C26H22N2O6S. The van der Waals surface area contributed by atoms with E-state index in [2.05, 4.69) is 0 Å². The molecule has 0 unspecified atom stereocenters. The average molecular weight is 491 g/mol. The minimum atomic E-state index is -4.51. The summed E-state index contributed by atoms with van der Waals surface area (Å²) in [6.07, 6.45) is 3.66. The van der Waals surface area contributed by atoms with E-state index in [-0.39, 0.29) is 21.8 Å². The second-order valence-corrected chi connectivity index (χ2v) is 10.3. The number of anilines is 1. The summed E-state index contributed by atoms with van der Waals surface area (Å²) in [7, 11) is -4.51. The molecule has 0 atom stereocenters. The average Bonchev–Trinajstić information content (AvgIpc) is 3.22. The van der Waals surface area contributed by atoms with Crippen molar-refractivity contribution in [2.24, 2.45) is 0 Å². The van der Waals surface area contributed by atoms with Gasteiger partial charge < -0.3 is 4.42 Å². The van der Waals surface area contributed by atoms with Crippen LogP contribution in [0.5, 0.6) is 0 Å². The lowest BCUT2D eigenvalue weighted by molar-refractivity contribution is -0.385. The molecule has 4 aromatic rings. The standard InChI is InChI=1S/C26H22N2O6S/c1-17-11-12-20(28(30)31)16-25(17)35(32,33)27(26(29)18-7-3-2-4-8-18)19-13-14-24-22(15-19)21-9-5-6-10-23(21)34-24/h2-4,7-8,11-16H,5-6,9-10H2,1H3. The van der Waals surface area contributed by atoms with Crippen LogP contribution in [0.25, 0.3) is 11.0 Å².